The van der Waals surface area contributed by atoms with E-state index in [2.05, 4.69) is 11.2 Å². The lowest BCUT2D eigenvalue weighted by molar-refractivity contribution is -0.134. The van der Waals surface area contributed by atoms with Gasteiger partial charge in [0.05, 0.1) is 5.69 Å². The number of hydrogen-bond acceptors (Lipinski definition) is 4. The third kappa shape index (κ3) is 4.48. The van der Waals surface area contributed by atoms with E-state index in [0.29, 0.717) is 37.6 Å². The third-order valence-corrected chi connectivity index (χ3v) is 4.70. The van der Waals surface area contributed by atoms with Crippen LogP contribution in [-0.2, 0) is 11.8 Å². The van der Waals surface area contributed by atoms with Crippen molar-refractivity contribution in [3.63, 3.8) is 0 Å². The second-order valence-corrected chi connectivity index (χ2v) is 7.08. The molecule has 7 heteroatoms. The van der Waals surface area contributed by atoms with E-state index in [1.165, 1.54) is 0 Å². The van der Waals surface area contributed by atoms with E-state index in [0.717, 1.165) is 16.8 Å². The van der Waals surface area contributed by atoms with Gasteiger partial charge in [0.25, 0.3) is 11.8 Å². The Morgan fingerprint density at radius 2 is 1.56 bits per heavy atom. The lowest BCUT2D eigenvalue weighted by atomic mass is 10.1. The van der Waals surface area contributed by atoms with E-state index in [4.69, 9.17) is 4.74 Å². The minimum Gasteiger partial charge on any atom is -0.484 e. The van der Waals surface area contributed by atoms with E-state index >= 15 is 0 Å². The Balaban J connectivity index is 1.51. The van der Waals surface area contributed by atoms with Gasteiger partial charge in [-0.2, -0.15) is 5.10 Å². The minimum atomic E-state index is -0.0577. The molecule has 3 rings (SSSR count). The van der Waals surface area contributed by atoms with E-state index in [-0.39, 0.29) is 18.4 Å². The van der Waals surface area contributed by atoms with E-state index < -0.39 is 0 Å². The van der Waals surface area contributed by atoms with Gasteiger partial charge in [-0.15, -0.1) is 0 Å². The van der Waals surface area contributed by atoms with Crippen LogP contribution in [0.25, 0.3) is 0 Å². The van der Waals surface area contributed by atoms with Crippen LogP contribution < -0.4 is 4.74 Å². The Labute approximate surface area is 159 Å². The normalized spacial score (nSPS) is 14.4. The number of nitrogens with zero attached hydrogens (tertiary/aromatic N) is 4. The largest absolute Gasteiger partial charge is 0.484 e. The predicted octanol–water partition coefficient (Wildman–Crippen LogP) is 1.71. The summed E-state index contributed by atoms with van der Waals surface area (Å²) < 4.78 is 7.27. The first kappa shape index (κ1) is 18.9. The smallest absolute Gasteiger partial charge is 0.272 e. The summed E-state index contributed by atoms with van der Waals surface area (Å²) in [5, 5.41) is 4.22. The summed E-state index contributed by atoms with van der Waals surface area (Å²) in [4.78, 5) is 28.6. The summed E-state index contributed by atoms with van der Waals surface area (Å²) in [6.07, 6.45) is 0. The van der Waals surface area contributed by atoms with E-state index in [9.17, 15) is 9.59 Å². The molecule has 1 aromatic carbocycles. The highest BCUT2D eigenvalue weighted by atomic mass is 16.5. The molecule has 27 heavy (non-hydrogen) atoms. The molecule has 1 aliphatic heterocycles. The number of aryl methyl sites for hydroxylation is 4. The lowest BCUT2D eigenvalue weighted by Crippen LogP contribution is -2.51. The first-order chi connectivity index (χ1) is 12.8. The monoisotopic (exact) mass is 370 g/mol. The van der Waals surface area contributed by atoms with Crippen molar-refractivity contribution < 1.29 is 14.3 Å². The van der Waals surface area contributed by atoms with Crippen LogP contribution in [0.5, 0.6) is 5.75 Å². The molecule has 0 spiro atoms. The van der Waals surface area contributed by atoms with Crippen LogP contribution in [0.15, 0.2) is 24.3 Å². The second kappa shape index (κ2) is 7.82. The highest BCUT2D eigenvalue weighted by molar-refractivity contribution is 5.93. The third-order valence-electron chi connectivity index (χ3n) is 4.70. The summed E-state index contributed by atoms with van der Waals surface area (Å²) >= 11 is 0. The molecule has 2 heterocycles. The first-order valence-electron chi connectivity index (χ1n) is 9.12. The van der Waals surface area contributed by atoms with Crippen LogP contribution in [0, 0.1) is 20.8 Å². The number of benzene rings is 1. The van der Waals surface area contributed by atoms with Gasteiger partial charge in [-0.25, -0.2) is 0 Å². The Bertz CT molecular complexity index is 831. The molecule has 2 amide bonds. The number of rotatable bonds is 4. The summed E-state index contributed by atoms with van der Waals surface area (Å²) in [6.45, 7) is 7.93. The molecule has 1 fully saturated rings. The van der Waals surface area contributed by atoms with Gasteiger partial charge in [0, 0.05) is 33.2 Å². The fraction of sp³-hybridized carbons (Fsp3) is 0.450. The number of ether oxygens (including phenoxy) is 1. The van der Waals surface area contributed by atoms with Crippen LogP contribution in [0.1, 0.15) is 27.3 Å². The zero-order valence-electron chi connectivity index (χ0n) is 16.4. The van der Waals surface area contributed by atoms with Crippen molar-refractivity contribution in [3.8, 4) is 5.75 Å². The average molecular weight is 370 g/mol. The number of aromatic nitrogens is 2. The first-order valence-corrected chi connectivity index (χ1v) is 9.12. The fourth-order valence-electron chi connectivity index (χ4n) is 3.38. The average Bonchev–Trinajstić information content (AvgIpc) is 2.96. The number of carbonyl (C=O) groups excluding carboxylic acids is 2. The quantitative estimate of drug-likeness (QED) is 0.822. The second-order valence-electron chi connectivity index (χ2n) is 7.08. The summed E-state index contributed by atoms with van der Waals surface area (Å²) in [5.41, 5.74) is 3.61. The highest BCUT2D eigenvalue weighted by Crippen LogP contribution is 2.16. The molecule has 0 unspecified atom stereocenters. The van der Waals surface area contributed by atoms with Crippen molar-refractivity contribution >= 4 is 11.8 Å². The van der Waals surface area contributed by atoms with Gasteiger partial charge in [0.15, 0.2) is 6.61 Å². The molecule has 0 atom stereocenters. The van der Waals surface area contributed by atoms with Crippen LogP contribution >= 0.6 is 0 Å². The molecule has 0 saturated carbocycles. The van der Waals surface area contributed by atoms with Crippen molar-refractivity contribution in [1.82, 2.24) is 19.6 Å². The van der Waals surface area contributed by atoms with Crippen molar-refractivity contribution in [3.05, 3.63) is 46.8 Å². The lowest BCUT2D eigenvalue weighted by Gasteiger charge is -2.34. The maximum Gasteiger partial charge on any atom is 0.272 e. The molecule has 2 aromatic rings. The zero-order chi connectivity index (χ0) is 19.6. The molecule has 0 radical (unpaired) electrons. The molecular weight excluding hydrogens is 344 g/mol. The van der Waals surface area contributed by atoms with Gasteiger partial charge in [0.1, 0.15) is 11.4 Å². The SMILES string of the molecule is Cc1cc(C)cc(OCC(=O)N2CCN(C(=O)c3cc(C)nn3C)CC2)c1. The molecular formula is C20H26N4O3. The molecule has 144 valence electrons. The van der Waals surface area contributed by atoms with Gasteiger partial charge in [-0.05, 0) is 50.1 Å². The minimum absolute atomic E-state index is 0.0117. The van der Waals surface area contributed by atoms with E-state index in [1.807, 2.05) is 32.9 Å². The maximum absolute atomic E-state index is 12.6. The molecule has 1 aromatic heterocycles. The topological polar surface area (TPSA) is 67.7 Å². The summed E-state index contributed by atoms with van der Waals surface area (Å²) in [5.74, 6) is 0.607. The van der Waals surface area contributed by atoms with Crippen molar-refractivity contribution in [1.29, 1.82) is 0 Å². The Hall–Kier alpha value is -2.83. The molecule has 1 aliphatic rings. The van der Waals surface area contributed by atoms with Gasteiger partial charge in [-0.3, -0.25) is 14.3 Å². The number of carbonyl (C=O) groups is 2. The number of hydrogen-bond donors (Lipinski definition) is 0. The van der Waals surface area contributed by atoms with E-state index in [1.54, 1.807) is 27.6 Å². The Morgan fingerprint density at radius 1 is 0.963 bits per heavy atom. The summed E-state index contributed by atoms with van der Waals surface area (Å²) in [7, 11) is 1.77. The van der Waals surface area contributed by atoms with Crippen LogP contribution in [0.3, 0.4) is 0 Å². The molecule has 0 N–H and O–H groups in total. The molecule has 0 aliphatic carbocycles. The van der Waals surface area contributed by atoms with Gasteiger partial charge in [0.2, 0.25) is 0 Å². The molecule has 7 nitrogen and oxygen atoms in total. The maximum atomic E-state index is 12.6. The van der Waals surface area contributed by atoms with Crippen molar-refractivity contribution in [2.24, 2.45) is 7.05 Å². The van der Waals surface area contributed by atoms with Gasteiger partial charge < -0.3 is 14.5 Å². The molecule has 1 saturated heterocycles. The standard InChI is InChI=1S/C20H26N4O3/c1-14-9-15(2)11-17(10-14)27-13-19(25)23-5-7-24(8-6-23)20(26)18-12-16(3)21-22(18)4/h9-12H,5-8,13H2,1-4H3. The highest BCUT2D eigenvalue weighted by Gasteiger charge is 2.26. The number of amides is 2. The Morgan fingerprint density at radius 3 is 2.11 bits per heavy atom. The number of piperazine rings is 1. The summed E-state index contributed by atoms with van der Waals surface area (Å²) in [6, 6.07) is 7.70. The van der Waals surface area contributed by atoms with Crippen LogP contribution in [0.2, 0.25) is 0 Å². The molecule has 0 bridgehead atoms. The van der Waals surface area contributed by atoms with Gasteiger partial charge >= 0.3 is 0 Å². The van der Waals surface area contributed by atoms with Crippen LogP contribution in [-0.4, -0.2) is 64.2 Å². The van der Waals surface area contributed by atoms with Crippen molar-refractivity contribution in [2.75, 3.05) is 32.8 Å². The zero-order valence-corrected chi connectivity index (χ0v) is 16.4. The Kier molecular flexibility index (Phi) is 5.48. The predicted molar refractivity (Wildman–Crippen MR) is 102 cm³/mol. The van der Waals surface area contributed by atoms with Crippen LogP contribution in [0.4, 0.5) is 0 Å². The fourth-order valence-corrected chi connectivity index (χ4v) is 3.38. The van der Waals surface area contributed by atoms with Crippen molar-refractivity contribution in [2.45, 2.75) is 20.8 Å². The van der Waals surface area contributed by atoms with Gasteiger partial charge in [-0.1, -0.05) is 6.07 Å².